The zero-order valence-electron chi connectivity index (χ0n) is 22.7. The molecule has 0 aromatic heterocycles. The van der Waals surface area contributed by atoms with Gasteiger partial charge in [0.1, 0.15) is 12.2 Å². The van der Waals surface area contributed by atoms with Gasteiger partial charge in [-0.2, -0.15) is 0 Å². The minimum atomic E-state index is -0.728. The van der Waals surface area contributed by atoms with Gasteiger partial charge in [-0.3, -0.25) is 19.2 Å². The second kappa shape index (κ2) is 15.8. The molecular formula is C28H31N5O8S. The van der Waals surface area contributed by atoms with E-state index in [2.05, 4.69) is 21.3 Å². The van der Waals surface area contributed by atoms with Crippen molar-refractivity contribution in [2.45, 2.75) is 6.92 Å². The van der Waals surface area contributed by atoms with Crippen LogP contribution in [0.3, 0.4) is 0 Å². The molecule has 0 saturated carbocycles. The van der Waals surface area contributed by atoms with Gasteiger partial charge in [0.05, 0.1) is 42.7 Å². The van der Waals surface area contributed by atoms with Gasteiger partial charge in [0.15, 0.2) is 11.5 Å². The quantitative estimate of drug-likeness (QED) is 0.0772. The van der Waals surface area contributed by atoms with Crippen molar-refractivity contribution in [2.24, 2.45) is 5.73 Å². The number of phenolic OH excluding ortho intramolecular Hbond substituents is 1. The van der Waals surface area contributed by atoms with Crippen molar-refractivity contribution in [3.8, 4) is 11.5 Å². The van der Waals surface area contributed by atoms with Crippen LogP contribution in [0, 0.1) is 0 Å². The lowest BCUT2D eigenvalue weighted by Crippen LogP contribution is -2.43. The van der Waals surface area contributed by atoms with Crippen LogP contribution in [0.25, 0.3) is 6.08 Å². The molecule has 0 saturated heterocycles. The van der Waals surface area contributed by atoms with Gasteiger partial charge in [0.25, 0.3) is 0 Å². The largest absolute Gasteiger partial charge is 0.504 e. The van der Waals surface area contributed by atoms with Gasteiger partial charge in [-0.05, 0) is 42.8 Å². The molecule has 3 amide bonds. The minimum absolute atomic E-state index is 0.0237. The number of carbonyl (C=O) groups excluding carboxylic acids is 5. The highest BCUT2D eigenvalue weighted by molar-refractivity contribution is 8.08. The van der Waals surface area contributed by atoms with Crippen LogP contribution < -0.4 is 31.7 Å². The Morgan fingerprint density at radius 2 is 1.67 bits per heavy atom. The Morgan fingerprint density at radius 3 is 2.33 bits per heavy atom. The Labute approximate surface area is 245 Å². The van der Waals surface area contributed by atoms with E-state index in [1.54, 1.807) is 31.2 Å². The zero-order valence-corrected chi connectivity index (χ0v) is 23.5. The first-order valence-electron chi connectivity index (χ1n) is 12.9. The van der Waals surface area contributed by atoms with E-state index in [9.17, 15) is 29.1 Å². The average Bonchev–Trinajstić information content (AvgIpc) is 3.28. The van der Waals surface area contributed by atoms with Crippen LogP contribution in [0.15, 0.2) is 64.0 Å². The molecule has 0 radical (unpaired) electrons. The first-order chi connectivity index (χ1) is 20.2. The third-order valence-electron chi connectivity index (χ3n) is 5.44. The molecule has 3 rings (SSSR count). The van der Waals surface area contributed by atoms with Gasteiger partial charge >= 0.3 is 5.97 Å². The van der Waals surface area contributed by atoms with Crippen LogP contribution >= 0.6 is 11.8 Å². The fraction of sp³-hybridized carbons (Fsp3) is 0.250. The van der Waals surface area contributed by atoms with Gasteiger partial charge < -0.3 is 41.6 Å². The molecule has 2 aromatic carbocycles. The molecule has 0 aliphatic carbocycles. The van der Waals surface area contributed by atoms with Crippen LogP contribution in [0.5, 0.6) is 11.5 Å². The number of anilines is 1. The van der Waals surface area contributed by atoms with Crippen molar-refractivity contribution in [1.82, 2.24) is 16.0 Å². The molecule has 1 heterocycles. The van der Waals surface area contributed by atoms with Gasteiger partial charge in [0, 0.05) is 5.69 Å². The first-order valence-corrected chi connectivity index (χ1v) is 13.7. The number of aromatic hydroxyl groups is 1. The average molecular weight is 598 g/mol. The number of allylic oxidation sites excluding steroid dienone is 1. The molecule has 0 fully saturated rings. The maximum Gasteiger partial charge on any atom is 0.344 e. The van der Waals surface area contributed by atoms with Crippen LogP contribution in [-0.2, 0) is 28.7 Å². The lowest BCUT2D eigenvalue weighted by Gasteiger charge is -2.10. The standard InChI is InChI=1S/C28H31N5O8S/c1-2-40-28(39)25-26(38)21(42-27(25)33-18-6-4-3-5-7-18)13-17-8-9-20(19(34)12-17)41-11-10-30-23(36)15-32-24(37)16-31-22(35)14-29/h3-9,12-13,33-34H,2,10-11,14-16,29H2,1H3,(H,30,36)(H,31,35)(H,32,37)/b21-13-. The number of amides is 3. The van der Waals surface area contributed by atoms with E-state index in [0.717, 1.165) is 11.8 Å². The monoisotopic (exact) mass is 597 g/mol. The zero-order chi connectivity index (χ0) is 30.5. The van der Waals surface area contributed by atoms with Crippen LogP contribution in [-0.4, -0.2) is 74.0 Å². The number of nitrogens with one attached hydrogen (secondary N) is 4. The molecule has 0 unspecified atom stereocenters. The molecule has 0 spiro atoms. The Balaban J connectivity index is 1.53. The molecule has 2 aromatic rings. The first kappa shape index (κ1) is 31.7. The number of nitrogens with two attached hydrogens (primary N) is 1. The van der Waals surface area contributed by atoms with E-state index in [1.165, 1.54) is 12.1 Å². The number of ketones is 1. The number of carbonyl (C=O) groups is 5. The number of hydrogen-bond donors (Lipinski definition) is 6. The summed E-state index contributed by atoms with van der Waals surface area (Å²) in [4.78, 5) is 60.4. The van der Waals surface area contributed by atoms with Crippen molar-refractivity contribution in [3.63, 3.8) is 0 Å². The molecule has 13 nitrogen and oxygen atoms in total. The fourth-order valence-electron chi connectivity index (χ4n) is 3.46. The van der Waals surface area contributed by atoms with Gasteiger partial charge in [0.2, 0.25) is 23.5 Å². The second-order valence-electron chi connectivity index (χ2n) is 8.54. The number of rotatable bonds is 14. The molecule has 1 aliphatic rings. The number of benzene rings is 2. The lowest BCUT2D eigenvalue weighted by molar-refractivity contribution is -0.139. The highest BCUT2D eigenvalue weighted by Gasteiger charge is 2.35. The Kier molecular flexibility index (Phi) is 12.0. The summed E-state index contributed by atoms with van der Waals surface area (Å²) in [6, 6.07) is 13.6. The third-order valence-corrected chi connectivity index (χ3v) is 6.47. The highest BCUT2D eigenvalue weighted by Crippen LogP contribution is 2.41. The summed E-state index contributed by atoms with van der Waals surface area (Å²) in [5, 5.41) is 21.1. The number of Topliss-reactive ketones (excluding diaryl/α,β-unsaturated/α-hetero) is 1. The van der Waals surface area contributed by atoms with Gasteiger partial charge in [-0.15, -0.1) is 0 Å². The lowest BCUT2D eigenvalue weighted by atomic mass is 10.1. The topological polar surface area (TPSA) is 198 Å². The predicted octanol–water partition coefficient (Wildman–Crippen LogP) is 0.622. The summed E-state index contributed by atoms with van der Waals surface area (Å²) in [7, 11) is 0. The number of para-hydroxylation sites is 1. The molecule has 0 bridgehead atoms. The Bertz CT molecular complexity index is 1390. The van der Waals surface area contributed by atoms with E-state index in [4.69, 9.17) is 15.2 Å². The normalized spacial score (nSPS) is 13.5. The van der Waals surface area contributed by atoms with Crippen molar-refractivity contribution in [2.75, 3.05) is 44.7 Å². The summed E-state index contributed by atoms with van der Waals surface area (Å²) in [6.07, 6.45) is 1.55. The number of thioether (sulfide) groups is 1. The van der Waals surface area contributed by atoms with E-state index < -0.39 is 29.5 Å². The van der Waals surface area contributed by atoms with Gasteiger partial charge in [-0.25, -0.2) is 4.79 Å². The van der Waals surface area contributed by atoms with E-state index in [0.29, 0.717) is 16.3 Å². The Hall–Kier alpha value is -4.82. The second-order valence-corrected chi connectivity index (χ2v) is 9.59. The molecule has 14 heteroatoms. The SMILES string of the molecule is CCOC(=O)C1=C(Nc2ccccc2)S/C(=C\c2ccc(OCCNC(=O)CNC(=O)CNC(=O)CN)c(O)c2)C1=O. The maximum atomic E-state index is 13.1. The van der Waals surface area contributed by atoms with Crippen LogP contribution in [0.4, 0.5) is 5.69 Å². The van der Waals surface area contributed by atoms with Crippen LogP contribution in [0.1, 0.15) is 12.5 Å². The van der Waals surface area contributed by atoms with Crippen molar-refractivity contribution >= 4 is 53.0 Å². The molecule has 0 atom stereocenters. The third kappa shape index (κ3) is 9.38. The number of ether oxygens (including phenoxy) is 2. The van der Waals surface area contributed by atoms with E-state index >= 15 is 0 Å². The number of esters is 1. The van der Waals surface area contributed by atoms with Crippen molar-refractivity contribution in [3.05, 3.63) is 69.6 Å². The van der Waals surface area contributed by atoms with Crippen molar-refractivity contribution in [1.29, 1.82) is 0 Å². The summed E-state index contributed by atoms with van der Waals surface area (Å²) in [6.45, 7) is 1.06. The molecule has 42 heavy (non-hydrogen) atoms. The minimum Gasteiger partial charge on any atom is -0.504 e. The molecule has 7 N–H and O–H groups in total. The van der Waals surface area contributed by atoms with Crippen LogP contribution in [0.2, 0.25) is 0 Å². The summed E-state index contributed by atoms with van der Waals surface area (Å²) in [5.41, 5.74) is 6.22. The maximum absolute atomic E-state index is 13.1. The fourth-order valence-corrected chi connectivity index (χ4v) is 4.52. The summed E-state index contributed by atoms with van der Waals surface area (Å²) in [5.74, 6) is -2.78. The van der Waals surface area contributed by atoms with E-state index in [-0.39, 0.29) is 61.4 Å². The summed E-state index contributed by atoms with van der Waals surface area (Å²) < 4.78 is 10.6. The van der Waals surface area contributed by atoms with Gasteiger partial charge in [-0.1, -0.05) is 36.0 Å². The summed E-state index contributed by atoms with van der Waals surface area (Å²) >= 11 is 1.09. The Morgan fingerprint density at radius 1 is 0.976 bits per heavy atom. The number of hydrogen-bond acceptors (Lipinski definition) is 11. The number of phenols is 1. The smallest absolute Gasteiger partial charge is 0.344 e. The highest BCUT2D eigenvalue weighted by atomic mass is 32.2. The molecule has 1 aliphatic heterocycles. The molecule has 222 valence electrons. The van der Waals surface area contributed by atoms with E-state index in [1.807, 2.05) is 18.2 Å². The predicted molar refractivity (Wildman–Crippen MR) is 156 cm³/mol. The molecular weight excluding hydrogens is 566 g/mol. The van der Waals surface area contributed by atoms with Crippen molar-refractivity contribution < 1.29 is 38.6 Å².